The zero-order valence-electron chi connectivity index (χ0n) is 10.2. The lowest BCUT2D eigenvalue weighted by Gasteiger charge is -2.02. The number of rotatable bonds is 3. The van der Waals surface area contributed by atoms with Gasteiger partial charge in [0.05, 0.1) is 16.6 Å². The van der Waals surface area contributed by atoms with Crippen LogP contribution in [0.2, 0.25) is 0 Å². The third-order valence-corrected chi connectivity index (χ3v) is 3.63. The Balaban J connectivity index is 2.08. The number of fused-ring (bicyclic) bond motifs is 1. The van der Waals surface area contributed by atoms with Crippen LogP contribution < -0.4 is 10.5 Å². The molecule has 7 heteroatoms. The lowest BCUT2D eigenvalue weighted by atomic mass is 10.3. The molecule has 0 saturated carbocycles. The van der Waals surface area contributed by atoms with Gasteiger partial charge in [0.25, 0.3) is 0 Å². The molecule has 0 radical (unpaired) electrons. The van der Waals surface area contributed by atoms with Crippen LogP contribution in [0.15, 0.2) is 52.8 Å². The molecular weight excluding hydrogens is 276 g/mol. The van der Waals surface area contributed by atoms with Crippen molar-refractivity contribution in [2.24, 2.45) is 5.73 Å². The topological polar surface area (TPSA) is 93.9 Å². The van der Waals surface area contributed by atoms with Crippen LogP contribution in [-0.4, -0.2) is 21.0 Å². The molecule has 0 atom stereocenters. The number of nitrogens with one attached hydrogen (secondary N) is 1. The normalized spacial score (nSPS) is 10.6. The van der Waals surface area contributed by atoms with E-state index >= 15 is 0 Å². The van der Waals surface area contributed by atoms with Crippen LogP contribution in [0.3, 0.4) is 0 Å². The SMILES string of the molecule is NC(=O)Oc1[nH]c2cnccc2c1Sc1ccccn1. The summed E-state index contributed by atoms with van der Waals surface area (Å²) in [5, 5.41) is 1.69. The number of aromatic amines is 1. The van der Waals surface area contributed by atoms with Gasteiger partial charge in [-0.1, -0.05) is 17.8 Å². The van der Waals surface area contributed by atoms with E-state index in [0.717, 1.165) is 20.8 Å². The fourth-order valence-electron chi connectivity index (χ4n) is 1.78. The fourth-order valence-corrected chi connectivity index (χ4v) is 2.72. The van der Waals surface area contributed by atoms with Crippen LogP contribution in [0, 0.1) is 0 Å². The Labute approximate surface area is 118 Å². The molecule has 3 aromatic rings. The quantitative estimate of drug-likeness (QED) is 0.771. The number of hydrogen-bond acceptors (Lipinski definition) is 5. The highest BCUT2D eigenvalue weighted by Crippen LogP contribution is 2.39. The number of nitrogens with zero attached hydrogens (tertiary/aromatic N) is 2. The molecule has 0 aromatic carbocycles. The summed E-state index contributed by atoms with van der Waals surface area (Å²) >= 11 is 1.39. The zero-order valence-corrected chi connectivity index (χ0v) is 11.1. The first-order valence-corrected chi connectivity index (χ1v) is 6.57. The first kappa shape index (κ1) is 12.5. The smallest absolute Gasteiger partial charge is 0.392 e. The second-order valence-corrected chi connectivity index (χ2v) is 4.93. The zero-order chi connectivity index (χ0) is 13.9. The summed E-state index contributed by atoms with van der Waals surface area (Å²) in [6, 6.07) is 7.44. The van der Waals surface area contributed by atoms with E-state index in [4.69, 9.17) is 10.5 Å². The summed E-state index contributed by atoms with van der Waals surface area (Å²) in [5.74, 6) is 0.302. The third-order valence-electron chi connectivity index (χ3n) is 2.57. The molecule has 3 aromatic heterocycles. The van der Waals surface area contributed by atoms with Crippen molar-refractivity contribution in [2.45, 2.75) is 9.92 Å². The Morgan fingerprint density at radius 2 is 2.20 bits per heavy atom. The van der Waals surface area contributed by atoms with Crippen molar-refractivity contribution >= 4 is 28.8 Å². The lowest BCUT2D eigenvalue weighted by Crippen LogP contribution is -2.16. The minimum atomic E-state index is -0.868. The molecular formula is C13H10N4O2S. The summed E-state index contributed by atoms with van der Waals surface area (Å²) in [6.45, 7) is 0. The minimum Gasteiger partial charge on any atom is -0.392 e. The Morgan fingerprint density at radius 3 is 2.95 bits per heavy atom. The first-order valence-electron chi connectivity index (χ1n) is 5.76. The number of nitrogens with two attached hydrogens (primary N) is 1. The van der Waals surface area contributed by atoms with Gasteiger partial charge < -0.3 is 15.5 Å². The van der Waals surface area contributed by atoms with E-state index in [1.54, 1.807) is 18.6 Å². The van der Waals surface area contributed by atoms with E-state index in [0.29, 0.717) is 5.88 Å². The van der Waals surface area contributed by atoms with Gasteiger partial charge in [-0.25, -0.2) is 9.78 Å². The van der Waals surface area contributed by atoms with Crippen LogP contribution in [0.25, 0.3) is 10.9 Å². The van der Waals surface area contributed by atoms with Crippen molar-refractivity contribution in [1.29, 1.82) is 0 Å². The van der Waals surface area contributed by atoms with Crippen LogP contribution in [0.1, 0.15) is 0 Å². The van der Waals surface area contributed by atoms with Crippen molar-refractivity contribution in [1.82, 2.24) is 15.0 Å². The highest BCUT2D eigenvalue weighted by atomic mass is 32.2. The number of pyridine rings is 2. The molecule has 100 valence electrons. The number of primary amides is 1. The van der Waals surface area contributed by atoms with Crippen molar-refractivity contribution < 1.29 is 9.53 Å². The number of carbonyl (C=O) groups is 1. The van der Waals surface area contributed by atoms with Gasteiger partial charge in [0.15, 0.2) is 0 Å². The Bertz CT molecular complexity index is 757. The molecule has 6 nitrogen and oxygen atoms in total. The van der Waals surface area contributed by atoms with Crippen LogP contribution in [0.5, 0.6) is 5.88 Å². The van der Waals surface area contributed by atoms with Crippen LogP contribution >= 0.6 is 11.8 Å². The average molecular weight is 286 g/mol. The van der Waals surface area contributed by atoms with E-state index in [1.807, 2.05) is 24.3 Å². The predicted molar refractivity (Wildman–Crippen MR) is 74.7 cm³/mol. The summed E-state index contributed by atoms with van der Waals surface area (Å²) in [6.07, 6.45) is 4.17. The Kier molecular flexibility index (Phi) is 3.26. The second kappa shape index (κ2) is 5.22. The molecule has 0 bridgehead atoms. The average Bonchev–Trinajstić information content (AvgIpc) is 2.77. The van der Waals surface area contributed by atoms with E-state index < -0.39 is 6.09 Å². The third kappa shape index (κ3) is 2.43. The fraction of sp³-hybridized carbons (Fsp3) is 0. The van der Waals surface area contributed by atoms with E-state index in [9.17, 15) is 4.79 Å². The van der Waals surface area contributed by atoms with Gasteiger partial charge in [0.2, 0.25) is 5.88 Å². The molecule has 3 rings (SSSR count). The summed E-state index contributed by atoms with van der Waals surface area (Å²) < 4.78 is 5.01. The van der Waals surface area contributed by atoms with Crippen molar-refractivity contribution in [3.8, 4) is 5.88 Å². The van der Waals surface area contributed by atoms with Crippen LogP contribution in [0.4, 0.5) is 4.79 Å². The molecule has 0 spiro atoms. The molecule has 0 saturated heterocycles. The van der Waals surface area contributed by atoms with Crippen molar-refractivity contribution in [2.75, 3.05) is 0 Å². The number of hydrogen-bond donors (Lipinski definition) is 2. The molecule has 3 heterocycles. The first-order chi connectivity index (χ1) is 9.74. The maximum atomic E-state index is 11.0. The number of H-pyrrole nitrogens is 1. The number of carbonyl (C=O) groups excluding carboxylic acids is 1. The minimum absolute atomic E-state index is 0.302. The second-order valence-electron chi connectivity index (χ2n) is 3.90. The summed E-state index contributed by atoms with van der Waals surface area (Å²) in [7, 11) is 0. The van der Waals surface area contributed by atoms with Gasteiger partial charge in [-0.2, -0.15) is 0 Å². The maximum absolute atomic E-state index is 11.0. The Hall–Kier alpha value is -2.54. The van der Waals surface area contributed by atoms with Gasteiger partial charge in [0, 0.05) is 17.8 Å². The summed E-state index contributed by atoms with van der Waals surface area (Å²) in [5.41, 5.74) is 5.85. The molecule has 0 unspecified atom stereocenters. The van der Waals surface area contributed by atoms with E-state index in [-0.39, 0.29) is 0 Å². The van der Waals surface area contributed by atoms with Gasteiger partial charge in [0.1, 0.15) is 5.03 Å². The van der Waals surface area contributed by atoms with Gasteiger partial charge in [-0.05, 0) is 18.2 Å². The molecule has 0 aliphatic heterocycles. The largest absolute Gasteiger partial charge is 0.411 e. The molecule has 0 fully saturated rings. The lowest BCUT2D eigenvalue weighted by molar-refractivity contribution is 0.208. The number of amides is 1. The summed E-state index contributed by atoms with van der Waals surface area (Å²) in [4.78, 5) is 23.0. The Morgan fingerprint density at radius 1 is 1.30 bits per heavy atom. The highest BCUT2D eigenvalue weighted by Gasteiger charge is 2.16. The number of ether oxygens (including phenoxy) is 1. The molecule has 20 heavy (non-hydrogen) atoms. The van der Waals surface area contributed by atoms with Gasteiger partial charge in [-0.15, -0.1) is 0 Å². The van der Waals surface area contributed by atoms with Gasteiger partial charge >= 0.3 is 6.09 Å². The van der Waals surface area contributed by atoms with E-state index in [1.165, 1.54) is 11.8 Å². The molecule has 0 aliphatic carbocycles. The van der Waals surface area contributed by atoms with Gasteiger partial charge in [-0.3, -0.25) is 4.98 Å². The number of aromatic nitrogens is 3. The molecule has 1 amide bonds. The monoisotopic (exact) mass is 286 g/mol. The molecule has 3 N–H and O–H groups in total. The highest BCUT2D eigenvalue weighted by molar-refractivity contribution is 7.99. The molecule has 0 aliphatic rings. The van der Waals surface area contributed by atoms with Crippen molar-refractivity contribution in [3.05, 3.63) is 42.9 Å². The standard InChI is InChI=1S/C13H10N4O2S/c14-13(18)19-12-11(20-10-3-1-2-5-16-10)8-4-6-15-7-9(8)17-12/h1-7,17H,(H2,14,18). The predicted octanol–water partition coefficient (Wildman–Crippen LogP) is 2.57. The van der Waals surface area contributed by atoms with Crippen LogP contribution in [-0.2, 0) is 0 Å². The maximum Gasteiger partial charge on any atom is 0.411 e. The van der Waals surface area contributed by atoms with E-state index in [2.05, 4.69) is 15.0 Å². The van der Waals surface area contributed by atoms with Crippen molar-refractivity contribution in [3.63, 3.8) is 0 Å².